The van der Waals surface area contributed by atoms with Crippen LogP contribution in [0.25, 0.3) is 0 Å². The van der Waals surface area contributed by atoms with Crippen LogP contribution in [0.2, 0.25) is 0 Å². The van der Waals surface area contributed by atoms with Crippen LogP contribution in [0, 0.1) is 12.3 Å². The quantitative estimate of drug-likeness (QED) is 0.326. The van der Waals surface area contributed by atoms with E-state index in [4.69, 9.17) is 20.6 Å². The predicted octanol–water partition coefficient (Wildman–Crippen LogP) is 0.996. The summed E-state index contributed by atoms with van der Waals surface area (Å²) in [5.41, 5.74) is 0. The van der Waals surface area contributed by atoms with Crippen molar-refractivity contribution in [3.8, 4) is 12.3 Å². The first-order valence-electron chi connectivity index (χ1n) is 5.05. The number of carbonyl (C=O) groups is 1. The smallest absolute Gasteiger partial charge is 0.306 e. The third-order valence-corrected chi connectivity index (χ3v) is 1.54. The van der Waals surface area contributed by atoms with Crippen LogP contribution in [0.5, 0.6) is 0 Å². The minimum absolute atomic E-state index is 0.273. The van der Waals surface area contributed by atoms with Crippen molar-refractivity contribution in [2.75, 3.05) is 33.0 Å². The highest BCUT2D eigenvalue weighted by molar-refractivity contribution is 5.69. The van der Waals surface area contributed by atoms with Crippen molar-refractivity contribution < 1.29 is 19.0 Å². The van der Waals surface area contributed by atoms with E-state index in [-0.39, 0.29) is 19.0 Å². The lowest BCUT2D eigenvalue weighted by atomic mass is 10.3. The lowest BCUT2D eigenvalue weighted by Gasteiger charge is -2.05. The summed E-state index contributed by atoms with van der Waals surface area (Å²) in [7, 11) is 0. The van der Waals surface area contributed by atoms with Gasteiger partial charge in [0.05, 0.1) is 26.2 Å². The zero-order chi connectivity index (χ0) is 11.4. The topological polar surface area (TPSA) is 44.8 Å². The van der Waals surface area contributed by atoms with Gasteiger partial charge in [0.25, 0.3) is 0 Å². The van der Waals surface area contributed by atoms with E-state index in [1.165, 1.54) is 0 Å². The molecule has 0 atom stereocenters. The first-order valence-corrected chi connectivity index (χ1v) is 5.05. The van der Waals surface area contributed by atoms with Crippen molar-refractivity contribution in [1.29, 1.82) is 0 Å². The van der Waals surface area contributed by atoms with Crippen molar-refractivity contribution in [3.05, 3.63) is 0 Å². The molecular weight excluding hydrogens is 196 g/mol. The number of terminal acetylenes is 1. The zero-order valence-electron chi connectivity index (χ0n) is 9.16. The summed E-state index contributed by atoms with van der Waals surface area (Å²) in [6, 6.07) is 0. The highest BCUT2D eigenvalue weighted by Gasteiger charge is 2.00. The van der Waals surface area contributed by atoms with E-state index in [1.54, 1.807) is 0 Å². The van der Waals surface area contributed by atoms with Gasteiger partial charge in [-0.05, 0) is 6.92 Å². The Morgan fingerprint density at radius 3 is 2.53 bits per heavy atom. The van der Waals surface area contributed by atoms with Crippen molar-refractivity contribution in [2.45, 2.75) is 19.8 Å². The van der Waals surface area contributed by atoms with Crippen LogP contribution >= 0.6 is 0 Å². The molecule has 4 heteroatoms. The van der Waals surface area contributed by atoms with Gasteiger partial charge in [0.2, 0.25) is 0 Å². The maximum Gasteiger partial charge on any atom is 0.306 e. The standard InChI is InChI=1S/C11H18O4/c1-3-5-6-11(12)15-10-9-14-8-7-13-4-2/h1H,4-10H2,2H3. The summed E-state index contributed by atoms with van der Waals surface area (Å²) in [4.78, 5) is 10.9. The lowest BCUT2D eigenvalue weighted by Crippen LogP contribution is -2.12. The molecule has 0 spiro atoms. The molecule has 0 saturated heterocycles. The average Bonchev–Trinajstić information content (AvgIpc) is 2.25. The monoisotopic (exact) mass is 214 g/mol. The highest BCUT2D eigenvalue weighted by Crippen LogP contribution is 1.91. The fourth-order valence-corrected chi connectivity index (χ4v) is 0.825. The van der Waals surface area contributed by atoms with Crippen LogP contribution in [0.1, 0.15) is 19.8 Å². The van der Waals surface area contributed by atoms with Gasteiger partial charge >= 0.3 is 5.97 Å². The largest absolute Gasteiger partial charge is 0.463 e. The second kappa shape index (κ2) is 11.0. The van der Waals surface area contributed by atoms with Gasteiger partial charge < -0.3 is 14.2 Å². The predicted molar refractivity (Wildman–Crippen MR) is 56.3 cm³/mol. The number of ether oxygens (including phenoxy) is 3. The molecule has 0 aromatic carbocycles. The molecule has 4 nitrogen and oxygen atoms in total. The summed E-state index contributed by atoms with van der Waals surface area (Å²) in [5, 5.41) is 0. The fourth-order valence-electron chi connectivity index (χ4n) is 0.825. The molecule has 0 aliphatic carbocycles. The molecule has 0 aromatic rings. The second-order valence-electron chi connectivity index (χ2n) is 2.73. The van der Waals surface area contributed by atoms with Crippen LogP contribution in [0.3, 0.4) is 0 Å². The van der Waals surface area contributed by atoms with Gasteiger partial charge in [0.15, 0.2) is 0 Å². The maximum absolute atomic E-state index is 10.9. The Bertz CT molecular complexity index is 195. The molecule has 0 rings (SSSR count). The number of carbonyl (C=O) groups excluding carboxylic acids is 1. The molecule has 0 saturated carbocycles. The Hall–Kier alpha value is -1.05. The SMILES string of the molecule is C#CCCC(=O)OCCOCCOCC. The van der Waals surface area contributed by atoms with Crippen LogP contribution < -0.4 is 0 Å². The first-order chi connectivity index (χ1) is 7.31. The Morgan fingerprint density at radius 2 is 1.87 bits per heavy atom. The maximum atomic E-state index is 10.9. The van der Waals surface area contributed by atoms with Gasteiger partial charge in [-0.2, -0.15) is 0 Å². The van der Waals surface area contributed by atoms with E-state index in [2.05, 4.69) is 5.92 Å². The van der Waals surface area contributed by atoms with Crippen molar-refractivity contribution in [3.63, 3.8) is 0 Å². The summed E-state index contributed by atoms with van der Waals surface area (Å²) < 4.78 is 15.1. The third-order valence-electron chi connectivity index (χ3n) is 1.54. The lowest BCUT2D eigenvalue weighted by molar-refractivity contribution is -0.145. The molecule has 0 aromatic heterocycles. The first kappa shape index (κ1) is 13.9. The molecule has 86 valence electrons. The molecule has 0 amide bonds. The molecule has 0 aliphatic heterocycles. The van der Waals surface area contributed by atoms with Crippen molar-refractivity contribution in [2.24, 2.45) is 0 Å². The Balaban J connectivity index is 3.10. The average molecular weight is 214 g/mol. The van der Waals surface area contributed by atoms with Crippen molar-refractivity contribution >= 4 is 5.97 Å². The molecule has 0 aliphatic rings. The molecule has 15 heavy (non-hydrogen) atoms. The van der Waals surface area contributed by atoms with Crippen LogP contribution in [-0.2, 0) is 19.0 Å². The van der Waals surface area contributed by atoms with E-state index >= 15 is 0 Å². The summed E-state index contributed by atoms with van der Waals surface area (Å²) in [5.74, 6) is 2.10. The van der Waals surface area contributed by atoms with E-state index < -0.39 is 0 Å². The Kier molecular flexibility index (Phi) is 10.3. The van der Waals surface area contributed by atoms with Gasteiger partial charge in [0.1, 0.15) is 6.61 Å². The molecule has 0 unspecified atom stereocenters. The second-order valence-corrected chi connectivity index (χ2v) is 2.73. The summed E-state index contributed by atoms with van der Waals surface area (Å²) in [6.45, 7) is 4.37. The number of rotatable bonds is 9. The van der Waals surface area contributed by atoms with Gasteiger partial charge in [-0.1, -0.05) is 0 Å². The molecule has 0 bridgehead atoms. The molecule has 0 heterocycles. The van der Waals surface area contributed by atoms with E-state index in [1.807, 2.05) is 6.92 Å². The van der Waals surface area contributed by atoms with Crippen molar-refractivity contribution in [1.82, 2.24) is 0 Å². The van der Waals surface area contributed by atoms with E-state index in [0.29, 0.717) is 32.8 Å². The minimum Gasteiger partial charge on any atom is -0.463 e. The van der Waals surface area contributed by atoms with Crippen LogP contribution in [-0.4, -0.2) is 39.0 Å². The Morgan fingerprint density at radius 1 is 1.20 bits per heavy atom. The van der Waals surface area contributed by atoms with Crippen LogP contribution in [0.15, 0.2) is 0 Å². The molecule has 0 N–H and O–H groups in total. The Labute approximate surface area is 90.9 Å². The van der Waals surface area contributed by atoms with Gasteiger partial charge in [-0.25, -0.2) is 0 Å². The van der Waals surface area contributed by atoms with Gasteiger partial charge in [-0.15, -0.1) is 12.3 Å². The molecule has 0 fully saturated rings. The van der Waals surface area contributed by atoms with E-state index in [0.717, 1.165) is 0 Å². The minimum atomic E-state index is -0.277. The van der Waals surface area contributed by atoms with Gasteiger partial charge in [-0.3, -0.25) is 4.79 Å². The van der Waals surface area contributed by atoms with Gasteiger partial charge in [0, 0.05) is 13.0 Å². The third kappa shape index (κ3) is 10.9. The zero-order valence-corrected chi connectivity index (χ0v) is 9.16. The number of hydrogen-bond donors (Lipinski definition) is 0. The normalized spacial score (nSPS) is 9.60. The fraction of sp³-hybridized carbons (Fsp3) is 0.727. The van der Waals surface area contributed by atoms with Crippen LogP contribution in [0.4, 0.5) is 0 Å². The molecule has 0 radical (unpaired) electrons. The highest BCUT2D eigenvalue weighted by atomic mass is 16.6. The molecular formula is C11H18O4. The summed E-state index contributed by atoms with van der Waals surface area (Å²) in [6.07, 6.45) is 5.70. The summed E-state index contributed by atoms with van der Waals surface area (Å²) >= 11 is 0. The number of hydrogen-bond acceptors (Lipinski definition) is 4. The number of esters is 1. The van der Waals surface area contributed by atoms with E-state index in [9.17, 15) is 4.79 Å².